The Hall–Kier alpha value is -1.68. The second-order valence-electron chi connectivity index (χ2n) is 6.81. The molecule has 0 atom stereocenters. The van der Waals surface area contributed by atoms with Crippen molar-refractivity contribution in [3.05, 3.63) is 12.2 Å². The molecule has 2 rings (SSSR count). The third-order valence-corrected chi connectivity index (χ3v) is 3.99. The van der Waals surface area contributed by atoms with Gasteiger partial charge in [-0.25, -0.2) is 14.5 Å². The van der Waals surface area contributed by atoms with Gasteiger partial charge in [0.15, 0.2) is 5.82 Å². The van der Waals surface area contributed by atoms with Crippen LogP contribution in [-0.2, 0) is 25.6 Å². The molecule has 1 saturated heterocycles. The molecule has 24 heavy (non-hydrogen) atoms. The topological polar surface area (TPSA) is 104 Å². The normalized spacial score (nSPS) is 17.1. The average Bonchev–Trinajstić information content (AvgIpc) is 2.92. The van der Waals surface area contributed by atoms with E-state index in [0.717, 1.165) is 19.1 Å². The highest BCUT2D eigenvalue weighted by Crippen LogP contribution is 2.23. The predicted octanol–water partition coefficient (Wildman–Crippen LogP) is 1.33. The smallest absolute Gasteiger partial charge is 0.410 e. The fraction of sp³-hybridized carbons (Fsp3) is 0.786. The lowest BCUT2D eigenvalue weighted by atomic mass is 10.1. The van der Waals surface area contributed by atoms with Crippen molar-refractivity contribution in [1.29, 1.82) is 0 Å². The molecule has 136 valence electrons. The van der Waals surface area contributed by atoms with Gasteiger partial charge >= 0.3 is 6.09 Å². The maximum atomic E-state index is 12.0. The van der Waals surface area contributed by atoms with E-state index in [-0.39, 0.29) is 18.7 Å². The number of hydrogen-bond acceptors (Lipinski definition) is 7. The molecule has 2 heterocycles. The Morgan fingerprint density at radius 3 is 2.50 bits per heavy atom. The maximum absolute atomic E-state index is 12.0. The first-order valence-electron chi connectivity index (χ1n) is 7.76. The maximum Gasteiger partial charge on any atom is 0.410 e. The fourth-order valence-corrected chi connectivity index (χ4v) is 2.67. The molecule has 10 heteroatoms. The number of carbonyl (C=O) groups excluding carboxylic acids is 1. The quantitative estimate of drug-likeness (QED) is 0.746. The number of piperidine rings is 1. The van der Waals surface area contributed by atoms with Crippen LogP contribution in [0, 0.1) is 0 Å². The lowest BCUT2D eigenvalue weighted by Crippen LogP contribution is -2.42. The van der Waals surface area contributed by atoms with E-state index >= 15 is 0 Å². The number of nitrogens with zero attached hydrogens (tertiary/aromatic N) is 4. The molecule has 0 radical (unpaired) electrons. The van der Waals surface area contributed by atoms with E-state index < -0.39 is 15.7 Å². The molecule has 1 amide bonds. The number of rotatable bonds is 4. The van der Waals surface area contributed by atoms with E-state index in [4.69, 9.17) is 4.74 Å². The molecule has 0 unspecified atom stereocenters. The highest BCUT2D eigenvalue weighted by molar-refractivity contribution is 7.85. The minimum absolute atomic E-state index is 0.114. The van der Waals surface area contributed by atoms with Gasteiger partial charge in [-0.15, -0.1) is 0 Å². The van der Waals surface area contributed by atoms with Crippen LogP contribution in [-0.4, -0.2) is 59.1 Å². The molecule has 9 nitrogen and oxygen atoms in total. The van der Waals surface area contributed by atoms with Crippen LogP contribution < -0.4 is 0 Å². The Labute approximate surface area is 142 Å². The zero-order chi connectivity index (χ0) is 18.0. The summed E-state index contributed by atoms with van der Waals surface area (Å²) >= 11 is 0. The second-order valence-corrected chi connectivity index (χ2v) is 8.45. The first kappa shape index (κ1) is 18.7. The van der Waals surface area contributed by atoms with Crippen molar-refractivity contribution in [2.45, 2.75) is 51.9 Å². The van der Waals surface area contributed by atoms with Gasteiger partial charge in [-0.05, 0) is 33.6 Å². The third-order valence-electron chi connectivity index (χ3n) is 3.45. The largest absolute Gasteiger partial charge is 0.444 e. The summed E-state index contributed by atoms with van der Waals surface area (Å²) in [5.41, 5.74) is -0.506. The Bertz CT molecular complexity index is 672. The number of amides is 1. The van der Waals surface area contributed by atoms with Crippen LogP contribution in [0.25, 0.3) is 0 Å². The second kappa shape index (κ2) is 7.06. The highest BCUT2D eigenvalue weighted by atomic mass is 32.2. The number of aromatic nitrogens is 3. The molecule has 0 aliphatic carbocycles. The summed E-state index contributed by atoms with van der Waals surface area (Å²) in [6.45, 7) is 6.50. The summed E-state index contributed by atoms with van der Waals surface area (Å²) in [4.78, 5) is 17.8. The molecular weight excluding hydrogens is 336 g/mol. The van der Waals surface area contributed by atoms with E-state index in [9.17, 15) is 13.2 Å². The Balaban J connectivity index is 1.86. The van der Waals surface area contributed by atoms with E-state index in [0.29, 0.717) is 18.9 Å². The van der Waals surface area contributed by atoms with Gasteiger partial charge in [0, 0.05) is 13.1 Å². The van der Waals surface area contributed by atoms with Gasteiger partial charge < -0.3 is 9.64 Å². The summed E-state index contributed by atoms with van der Waals surface area (Å²) in [5.74, 6) is 0.315. The highest BCUT2D eigenvalue weighted by Gasteiger charge is 2.28. The molecule has 1 aromatic heterocycles. The van der Waals surface area contributed by atoms with E-state index in [2.05, 4.69) is 14.3 Å². The molecule has 0 N–H and O–H groups in total. The first-order valence-corrected chi connectivity index (χ1v) is 9.57. The predicted molar refractivity (Wildman–Crippen MR) is 85.7 cm³/mol. The van der Waals surface area contributed by atoms with Crippen LogP contribution in [0.15, 0.2) is 6.33 Å². The van der Waals surface area contributed by atoms with Crippen molar-refractivity contribution in [1.82, 2.24) is 19.7 Å². The molecule has 0 spiro atoms. The van der Waals surface area contributed by atoms with Crippen molar-refractivity contribution < 1.29 is 22.1 Å². The van der Waals surface area contributed by atoms with Crippen molar-refractivity contribution in [2.75, 3.05) is 19.3 Å². The van der Waals surface area contributed by atoms with Crippen LogP contribution in [0.3, 0.4) is 0 Å². The van der Waals surface area contributed by atoms with E-state index in [1.165, 1.54) is 0 Å². The summed E-state index contributed by atoms with van der Waals surface area (Å²) < 4.78 is 33.7. The lowest BCUT2D eigenvalue weighted by Gasteiger charge is -2.33. The van der Waals surface area contributed by atoms with Crippen LogP contribution in [0.4, 0.5) is 4.79 Å². The van der Waals surface area contributed by atoms with E-state index in [1.807, 2.05) is 20.8 Å². The Morgan fingerprint density at radius 2 is 1.96 bits per heavy atom. The van der Waals surface area contributed by atoms with Crippen molar-refractivity contribution in [3.8, 4) is 0 Å². The van der Waals surface area contributed by atoms with Gasteiger partial charge in [0.2, 0.25) is 0 Å². The SMILES string of the molecule is CC(C)(C)OC(=O)N1CCC(n2cnc(COS(C)(=O)=O)n2)CC1. The lowest BCUT2D eigenvalue weighted by molar-refractivity contribution is 0.0184. The van der Waals surface area contributed by atoms with Crippen LogP contribution in [0.1, 0.15) is 45.5 Å². The summed E-state index contributed by atoms with van der Waals surface area (Å²) in [6, 6.07) is 0.114. The zero-order valence-electron chi connectivity index (χ0n) is 14.4. The third kappa shape index (κ3) is 5.75. The zero-order valence-corrected chi connectivity index (χ0v) is 15.2. The van der Waals surface area contributed by atoms with Gasteiger partial charge in [-0.1, -0.05) is 0 Å². The molecule has 1 fully saturated rings. The van der Waals surface area contributed by atoms with Crippen molar-refractivity contribution in [3.63, 3.8) is 0 Å². The number of ether oxygens (including phenoxy) is 1. The minimum Gasteiger partial charge on any atom is -0.444 e. The standard InChI is InChI=1S/C14H24N4O5S/c1-14(2,3)23-13(19)17-7-5-11(6-8-17)18-10-15-12(16-18)9-22-24(4,20)21/h10-11H,5-9H2,1-4H3. The monoisotopic (exact) mass is 360 g/mol. The summed E-state index contributed by atoms with van der Waals surface area (Å²) in [7, 11) is -3.52. The molecular formula is C14H24N4O5S. The van der Waals surface area contributed by atoms with Gasteiger partial charge in [-0.2, -0.15) is 13.5 Å². The first-order chi connectivity index (χ1) is 11.0. The average molecular weight is 360 g/mol. The summed E-state index contributed by atoms with van der Waals surface area (Å²) in [5, 5.41) is 4.25. The fourth-order valence-electron chi connectivity index (χ4n) is 2.35. The van der Waals surface area contributed by atoms with Crippen LogP contribution >= 0.6 is 0 Å². The molecule has 0 saturated carbocycles. The van der Waals surface area contributed by atoms with Crippen LogP contribution in [0.2, 0.25) is 0 Å². The van der Waals surface area contributed by atoms with Gasteiger partial charge in [0.25, 0.3) is 10.1 Å². The molecule has 1 aliphatic heterocycles. The van der Waals surface area contributed by atoms with Crippen molar-refractivity contribution >= 4 is 16.2 Å². The van der Waals surface area contributed by atoms with E-state index in [1.54, 1.807) is 15.9 Å². The minimum atomic E-state index is -3.52. The van der Waals surface area contributed by atoms with Gasteiger partial charge in [0.05, 0.1) is 12.3 Å². The Kier molecular flexibility index (Phi) is 5.49. The Morgan fingerprint density at radius 1 is 1.33 bits per heavy atom. The van der Waals surface area contributed by atoms with Crippen LogP contribution in [0.5, 0.6) is 0 Å². The van der Waals surface area contributed by atoms with Gasteiger partial charge in [-0.3, -0.25) is 4.18 Å². The number of carbonyl (C=O) groups is 1. The molecule has 1 aliphatic rings. The van der Waals surface area contributed by atoms with Gasteiger partial charge in [0.1, 0.15) is 18.5 Å². The molecule has 0 aromatic carbocycles. The van der Waals surface area contributed by atoms with Crippen molar-refractivity contribution in [2.24, 2.45) is 0 Å². The molecule has 0 bridgehead atoms. The number of hydrogen-bond donors (Lipinski definition) is 0. The number of likely N-dealkylation sites (tertiary alicyclic amines) is 1. The summed E-state index contributed by atoms with van der Waals surface area (Å²) in [6.07, 6.45) is 3.71. The molecule has 1 aromatic rings.